The molecular formula is C20H29N3O3. The number of hydrogen-bond donors (Lipinski definition) is 0. The van der Waals surface area contributed by atoms with Crippen molar-refractivity contribution in [3.8, 4) is 5.75 Å². The van der Waals surface area contributed by atoms with Crippen LogP contribution in [0.25, 0.3) is 0 Å². The van der Waals surface area contributed by atoms with Gasteiger partial charge in [0.05, 0.1) is 12.2 Å². The zero-order chi connectivity index (χ0) is 18.5. The molecule has 2 amide bonds. The molecule has 0 N–H and O–H groups in total. The molecule has 1 fully saturated rings. The van der Waals surface area contributed by atoms with E-state index in [0.29, 0.717) is 6.54 Å². The summed E-state index contributed by atoms with van der Waals surface area (Å²) < 4.78 is 5.79. The molecule has 0 aliphatic carbocycles. The SMILES string of the molecule is CCCN1CCN(C(=O)CCC(=O)N2CC(C)Oc3ccccc32)CC1. The Morgan fingerprint density at radius 3 is 2.50 bits per heavy atom. The maximum atomic E-state index is 12.7. The molecular weight excluding hydrogens is 330 g/mol. The number of anilines is 1. The number of amides is 2. The lowest BCUT2D eigenvalue weighted by Crippen LogP contribution is -2.49. The highest BCUT2D eigenvalue weighted by atomic mass is 16.5. The van der Waals surface area contributed by atoms with Crippen molar-refractivity contribution >= 4 is 17.5 Å². The first-order chi connectivity index (χ1) is 12.6. The maximum absolute atomic E-state index is 12.7. The van der Waals surface area contributed by atoms with Crippen LogP contribution in [0.5, 0.6) is 5.75 Å². The lowest BCUT2D eigenvalue weighted by atomic mass is 10.1. The second-order valence-corrected chi connectivity index (χ2v) is 7.12. The van der Waals surface area contributed by atoms with Crippen LogP contribution in [0.1, 0.15) is 33.1 Å². The molecule has 2 heterocycles. The molecule has 1 unspecified atom stereocenters. The van der Waals surface area contributed by atoms with Crippen LogP contribution in [-0.4, -0.2) is 67.0 Å². The topological polar surface area (TPSA) is 53.1 Å². The summed E-state index contributed by atoms with van der Waals surface area (Å²) >= 11 is 0. The summed E-state index contributed by atoms with van der Waals surface area (Å²) in [6, 6.07) is 7.58. The maximum Gasteiger partial charge on any atom is 0.227 e. The van der Waals surface area contributed by atoms with E-state index in [1.165, 1.54) is 0 Å². The lowest BCUT2D eigenvalue weighted by molar-refractivity contribution is -0.134. The number of nitrogens with zero attached hydrogens (tertiary/aromatic N) is 3. The van der Waals surface area contributed by atoms with Gasteiger partial charge in [0, 0.05) is 39.0 Å². The number of fused-ring (bicyclic) bond motifs is 1. The third-order valence-corrected chi connectivity index (χ3v) is 5.04. The molecule has 0 aromatic heterocycles. The van der Waals surface area contributed by atoms with Crippen molar-refractivity contribution in [2.75, 3.05) is 44.2 Å². The van der Waals surface area contributed by atoms with Crippen LogP contribution in [0.2, 0.25) is 0 Å². The summed E-state index contributed by atoms with van der Waals surface area (Å²) in [5, 5.41) is 0. The average Bonchev–Trinajstić information content (AvgIpc) is 2.66. The van der Waals surface area contributed by atoms with Crippen molar-refractivity contribution < 1.29 is 14.3 Å². The fourth-order valence-electron chi connectivity index (χ4n) is 3.67. The molecule has 0 saturated carbocycles. The average molecular weight is 359 g/mol. The van der Waals surface area contributed by atoms with Crippen LogP contribution in [0, 0.1) is 0 Å². The highest BCUT2D eigenvalue weighted by Crippen LogP contribution is 2.33. The molecule has 26 heavy (non-hydrogen) atoms. The zero-order valence-electron chi connectivity index (χ0n) is 15.8. The Bertz CT molecular complexity index is 641. The van der Waals surface area contributed by atoms with E-state index in [9.17, 15) is 9.59 Å². The summed E-state index contributed by atoms with van der Waals surface area (Å²) in [6.07, 6.45) is 1.62. The van der Waals surface area contributed by atoms with E-state index in [2.05, 4.69) is 11.8 Å². The van der Waals surface area contributed by atoms with Crippen LogP contribution in [-0.2, 0) is 9.59 Å². The predicted molar refractivity (Wildman–Crippen MR) is 101 cm³/mol. The van der Waals surface area contributed by atoms with Gasteiger partial charge >= 0.3 is 0 Å². The van der Waals surface area contributed by atoms with Gasteiger partial charge < -0.3 is 14.5 Å². The molecule has 1 atom stereocenters. The van der Waals surface area contributed by atoms with Crippen molar-refractivity contribution in [1.82, 2.24) is 9.80 Å². The Kier molecular flexibility index (Phi) is 6.14. The van der Waals surface area contributed by atoms with Crippen molar-refractivity contribution in [3.63, 3.8) is 0 Å². The third-order valence-electron chi connectivity index (χ3n) is 5.04. The highest BCUT2D eigenvalue weighted by Gasteiger charge is 2.28. The van der Waals surface area contributed by atoms with Gasteiger partial charge in [-0.2, -0.15) is 0 Å². The van der Waals surface area contributed by atoms with Crippen LogP contribution >= 0.6 is 0 Å². The molecule has 1 aromatic rings. The minimum atomic E-state index is -0.0452. The normalized spacial score (nSPS) is 20.5. The first-order valence-electron chi connectivity index (χ1n) is 9.64. The summed E-state index contributed by atoms with van der Waals surface area (Å²) in [6.45, 7) is 9.15. The lowest BCUT2D eigenvalue weighted by Gasteiger charge is -2.35. The largest absolute Gasteiger partial charge is 0.487 e. The molecule has 6 nitrogen and oxygen atoms in total. The van der Waals surface area contributed by atoms with Gasteiger partial charge in [-0.3, -0.25) is 14.5 Å². The minimum Gasteiger partial charge on any atom is -0.487 e. The third kappa shape index (κ3) is 4.36. The number of rotatable bonds is 5. The van der Waals surface area contributed by atoms with Gasteiger partial charge in [0.15, 0.2) is 0 Å². The van der Waals surface area contributed by atoms with E-state index < -0.39 is 0 Å². The second kappa shape index (κ2) is 8.54. The second-order valence-electron chi connectivity index (χ2n) is 7.12. The summed E-state index contributed by atoms with van der Waals surface area (Å²) in [7, 11) is 0. The zero-order valence-corrected chi connectivity index (χ0v) is 15.8. The number of hydrogen-bond acceptors (Lipinski definition) is 4. The number of para-hydroxylation sites is 2. The van der Waals surface area contributed by atoms with Gasteiger partial charge in [-0.05, 0) is 32.0 Å². The number of piperazine rings is 1. The van der Waals surface area contributed by atoms with Gasteiger partial charge in [0.2, 0.25) is 11.8 Å². The van der Waals surface area contributed by atoms with E-state index in [0.717, 1.165) is 50.6 Å². The van der Waals surface area contributed by atoms with E-state index >= 15 is 0 Å². The Morgan fingerprint density at radius 2 is 1.77 bits per heavy atom. The molecule has 1 saturated heterocycles. The molecule has 2 aliphatic rings. The van der Waals surface area contributed by atoms with Gasteiger partial charge in [-0.1, -0.05) is 19.1 Å². The van der Waals surface area contributed by atoms with Crippen molar-refractivity contribution in [2.24, 2.45) is 0 Å². The fraction of sp³-hybridized carbons (Fsp3) is 0.600. The monoisotopic (exact) mass is 359 g/mol. The molecule has 3 rings (SSSR count). The van der Waals surface area contributed by atoms with Crippen LogP contribution in [0.4, 0.5) is 5.69 Å². The molecule has 0 radical (unpaired) electrons. The minimum absolute atomic E-state index is 0.00873. The summed E-state index contributed by atoms with van der Waals surface area (Å²) in [5.74, 6) is 0.813. The number of carbonyl (C=O) groups is 2. The number of benzene rings is 1. The summed E-state index contributed by atoms with van der Waals surface area (Å²) in [5.41, 5.74) is 0.802. The number of carbonyl (C=O) groups excluding carboxylic acids is 2. The molecule has 2 aliphatic heterocycles. The Morgan fingerprint density at radius 1 is 1.08 bits per heavy atom. The van der Waals surface area contributed by atoms with Gasteiger partial charge in [-0.15, -0.1) is 0 Å². The van der Waals surface area contributed by atoms with Crippen LogP contribution in [0.3, 0.4) is 0 Å². The standard InChI is InChI=1S/C20H29N3O3/c1-3-10-21-11-13-22(14-12-21)19(24)8-9-20(25)23-15-16(2)26-18-7-5-4-6-17(18)23/h4-7,16H,3,8-15H2,1-2H3. The van der Waals surface area contributed by atoms with E-state index in [1.807, 2.05) is 36.1 Å². The van der Waals surface area contributed by atoms with Gasteiger partial charge in [0.1, 0.15) is 11.9 Å². The predicted octanol–water partition coefficient (Wildman–Crippen LogP) is 2.13. The quantitative estimate of drug-likeness (QED) is 0.808. The fourth-order valence-corrected chi connectivity index (χ4v) is 3.67. The molecule has 142 valence electrons. The smallest absolute Gasteiger partial charge is 0.227 e. The van der Waals surface area contributed by atoms with Gasteiger partial charge in [0.25, 0.3) is 0 Å². The summed E-state index contributed by atoms with van der Waals surface area (Å²) in [4.78, 5) is 31.2. The molecule has 1 aromatic carbocycles. The molecule has 0 bridgehead atoms. The first kappa shape index (κ1) is 18.7. The van der Waals surface area contributed by atoms with E-state index in [1.54, 1.807) is 4.90 Å². The van der Waals surface area contributed by atoms with Crippen molar-refractivity contribution in [3.05, 3.63) is 24.3 Å². The van der Waals surface area contributed by atoms with E-state index in [-0.39, 0.29) is 30.8 Å². The Labute approximate surface area is 155 Å². The first-order valence-corrected chi connectivity index (χ1v) is 9.64. The Balaban J connectivity index is 1.52. The van der Waals surface area contributed by atoms with Crippen LogP contribution in [0.15, 0.2) is 24.3 Å². The van der Waals surface area contributed by atoms with E-state index in [4.69, 9.17) is 4.74 Å². The number of ether oxygens (including phenoxy) is 1. The highest BCUT2D eigenvalue weighted by molar-refractivity contribution is 5.97. The van der Waals surface area contributed by atoms with Gasteiger partial charge in [-0.25, -0.2) is 0 Å². The molecule has 0 spiro atoms. The van der Waals surface area contributed by atoms with Crippen LogP contribution < -0.4 is 9.64 Å². The van der Waals surface area contributed by atoms with Crippen molar-refractivity contribution in [1.29, 1.82) is 0 Å². The van der Waals surface area contributed by atoms with Crippen molar-refractivity contribution in [2.45, 2.75) is 39.2 Å². The molecule has 6 heteroatoms. The Hall–Kier alpha value is -2.08.